The molecule has 2 fully saturated rings. The molecular formula is C32H40N4O4. The fourth-order valence-electron chi connectivity index (χ4n) is 6.51. The summed E-state index contributed by atoms with van der Waals surface area (Å²) in [6, 6.07) is 19.2. The number of carbonyl (C=O) groups is 2. The molecule has 1 aromatic heterocycles. The fraction of sp³-hybridized carbons (Fsp3) is 0.469. The Hall–Kier alpha value is -3.65. The van der Waals surface area contributed by atoms with Crippen LogP contribution in [-0.4, -0.2) is 72.8 Å². The van der Waals surface area contributed by atoms with Crippen molar-refractivity contribution in [3.05, 3.63) is 78.2 Å². The summed E-state index contributed by atoms with van der Waals surface area (Å²) in [7, 11) is 0. The first-order valence-electron chi connectivity index (χ1n) is 14.6. The van der Waals surface area contributed by atoms with Crippen LogP contribution in [0.3, 0.4) is 0 Å². The third-order valence-electron chi connectivity index (χ3n) is 8.63. The summed E-state index contributed by atoms with van der Waals surface area (Å²) < 4.78 is 2.05. The number of nitrogens with zero attached hydrogens (tertiary/aromatic N) is 4. The van der Waals surface area contributed by atoms with Crippen molar-refractivity contribution in [3.8, 4) is 11.3 Å². The van der Waals surface area contributed by atoms with E-state index in [9.17, 15) is 19.8 Å². The number of unbranched alkanes of at least 4 members (excludes halogenated alkanes) is 1. The zero-order chi connectivity index (χ0) is 28.1. The van der Waals surface area contributed by atoms with Crippen LogP contribution >= 0.6 is 0 Å². The molecule has 0 bridgehead atoms. The first kappa shape index (κ1) is 27.9. The Balaban J connectivity index is 1.53. The molecule has 1 aliphatic heterocycles. The maximum atomic E-state index is 14.3. The Bertz CT molecular complexity index is 1290. The zero-order valence-corrected chi connectivity index (χ0v) is 23.3. The highest BCUT2D eigenvalue weighted by atomic mass is 16.4. The third kappa shape index (κ3) is 5.77. The number of rotatable bonds is 8. The molecule has 40 heavy (non-hydrogen) atoms. The predicted octanol–water partition coefficient (Wildman–Crippen LogP) is 5.63. The van der Waals surface area contributed by atoms with Gasteiger partial charge in [-0.1, -0.05) is 93.3 Å². The molecule has 2 N–H and O–H groups in total. The standard InChI is InChI=1S/C32H40N4O4/c1-2-3-17-32(40)18-11-10-16-27(32)36-23-33-28(29(36)25-14-8-5-9-15-25)30(37)35-20-19-34(31(38)39)22-26(35)21-24-12-6-4-7-13-24/h4-9,12-15,23,26-27,40H,2-3,10-11,16-22H2,1H3,(H,38,39)/t26-,27-,32+/m1/s1. The Morgan fingerprint density at radius 3 is 2.45 bits per heavy atom. The smallest absolute Gasteiger partial charge is 0.407 e. The molecule has 2 aliphatic rings. The number of aliphatic hydroxyl groups is 1. The van der Waals surface area contributed by atoms with Crippen molar-refractivity contribution >= 4 is 12.0 Å². The second-order valence-electron chi connectivity index (χ2n) is 11.3. The minimum Gasteiger partial charge on any atom is -0.465 e. The summed E-state index contributed by atoms with van der Waals surface area (Å²) >= 11 is 0. The summed E-state index contributed by atoms with van der Waals surface area (Å²) in [5.74, 6) is -0.198. The summed E-state index contributed by atoms with van der Waals surface area (Å²) in [5.41, 5.74) is 2.18. The number of carbonyl (C=O) groups excluding carboxylic acids is 1. The minimum atomic E-state index is -0.969. The molecule has 0 spiro atoms. The van der Waals surface area contributed by atoms with E-state index >= 15 is 0 Å². The normalized spacial score (nSPS) is 23.2. The van der Waals surface area contributed by atoms with Gasteiger partial charge in [0.2, 0.25) is 0 Å². The van der Waals surface area contributed by atoms with Crippen LogP contribution in [0, 0.1) is 0 Å². The van der Waals surface area contributed by atoms with Crippen LogP contribution in [0.15, 0.2) is 67.0 Å². The van der Waals surface area contributed by atoms with Gasteiger partial charge in [-0.05, 0) is 31.2 Å². The van der Waals surface area contributed by atoms with Gasteiger partial charge in [0.05, 0.1) is 29.7 Å². The van der Waals surface area contributed by atoms with Gasteiger partial charge in [0.1, 0.15) is 0 Å². The highest BCUT2D eigenvalue weighted by Crippen LogP contribution is 2.43. The maximum Gasteiger partial charge on any atom is 0.407 e. The van der Waals surface area contributed by atoms with E-state index in [1.54, 1.807) is 11.2 Å². The summed E-state index contributed by atoms with van der Waals surface area (Å²) in [4.78, 5) is 34.1. The van der Waals surface area contributed by atoms with Crippen molar-refractivity contribution < 1.29 is 19.8 Å². The average molecular weight is 545 g/mol. The molecule has 0 radical (unpaired) electrons. The van der Waals surface area contributed by atoms with Gasteiger partial charge in [-0.15, -0.1) is 0 Å². The minimum absolute atomic E-state index is 0.166. The molecule has 1 aliphatic carbocycles. The van der Waals surface area contributed by atoms with Gasteiger partial charge >= 0.3 is 6.09 Å². The highest BCUT2D eigenvalue weighted by Gasteiger charge is 2.42. The van der Waals surface area contributed by atoms with E-state index in [1.807, 2.05) is 60.7 Å². The van der Waals surface area contributed by atoms with Crippen molar-refractivity contribution in [2.75, 3.05) is 19.6 Å². The van der Waals surface area contributed by atoms with Gasteiger partial charge in [0.25, 0.3) is 5.91 Å². The maximum absolute atomic E-state index is 14.3. The lowest BCUT2D eigenvalue weighted by molar-refractivity contribution is -0.0492. The second kappa shape index (κ2) is 12.3. The van der Waals surface area contributed by atoms with Crippen molar-refractivity contribution in [1.29, 1.82) is 0 Å². The number of hydrogen-bond acceptors (Lipinski definition) is 4. The molecule has 8 heteroatoms. The third-order valence-corrected chi connectivity index (χ3v) is 8.63. The van der Waals surface area contributed by atoms with Gasteiger partial charge in [-0.2, -0.15) is 0 Å². The van der Waals surface area contributed by atoms with Crippen LogP contribution in [0.1, 0.15) is 74.0 Å². The van der Waals surface area contributed by atoms with Gasteiger partial charge in [0.15, 0.2) is 5.69 Å². The van der Waals surface area contributed by atoms with Crippen LogP contribution in [0.2, 0.25) is 0 Å². The van der Waals surface area contributed by atoms with Crippen LogP contribution in [0.5, 0.6) is 0 Å². The molecule has 2 heterocycles. The number of piperazine rings is 1. The Labute approximate surface area is 236 Å². The van der Waals surface area contributed by atoms with Crippen LogP contribution in [0.25, 0.3) is 11.3 Å². The topological polar surface area (TPSA) is 98.9 Å². The molecule has 0 unspecified atom stereocenters. The molecule has 1 saturated carbocycles. The Kier molecular flexibility index (Phi) is 8.54. The lowest BCUT2D eigenvalue weighted by Crippen LogP contribution is -2.57. The largest absolute Gasteiger partial charge is 0.465 e. The number of amides is 2. The molecule has 1 saturated heterocycles. The molecule has 8 nitrogen and oxygen atoms in total. The molecule has 3 atom stereocenters. The lowest BCUT2D eigenvalue weighted by atomic mass is 9.77. The predicted molar refractivity (Wildman–Crippen MR) is 154 cm³/mol. The first-order valence-corrected chi connectivity index (χ1v) is 14.6. The number of benzene rings is 2. The lowest BCUT2D eigenvalue weighted by Gasteiger charge is -2.42. The van der Waals surface area contributed by atoms with Gasteiger partial charge in [0, 0.05) is 25.2 Å². The van der Waals surface area contributed by atoms with Crippen molar-refractivity contribution in [2.24, 2.45) is 0 Å². The number of hydrogen-bond donors (Lipinski definition) is 2. The van der Waals surface area contributed by atoms with Gasteiger partial charge in [-0.25, -0.2) is 9.78 Å². The summed E-state index contributed by atoms with van der Waals surface area (Å²) in [6.07, 6.45) is 7.59. The van der Waals surface area contributed by atoms with Gasteiger partial charge in [-0.3, -0.25) is 4.79 Å². The van der Waals surface area contributed by atoms with Crippen molar-refractivity contribution in [1.82, 2.24) is 19.4 Å². The van der Waals surface area contributed by atoms with Crippen LogP contribution < -0.4 is 0 Å². The Morgan fingerprint density at radius 1 is 1.02 bits per heavy atom. The highest BCUT2D eigenvalue weighted by molar-refractivity contribution is 5.98. The molecule has 5 rings (SSSR count). The number of carboxylic acid groups (broad SMARTS) is 1. The molecular weight excluding hydrogens is 504 g/mol. The summed E-state index contributed by atoms with van der Waals surface area (Å²) in [5, 5.41) is 21.6. The molecule has 212 valence electrons. The molecule has 2 aromatic carbocycles. The van der Waals surface area contributed by atoms with Crippen LogP contribution in [-0.2, 0) is 6.42 Å². The van der Waals surface area contributed by atoms with Crippen molar-refractivity contribution in [2.45, 2.75) is 76.0 Å². The fourth-order valence-corrected chi connectivity index (χ4v) is 6.51. The average Bonchev–Trinajstić information content (AvgIpc) is 3.42. The van der Waals surface area contributed by atoms with E-state index in [0.717, 1.165) is 61.8 Å². The number of aromatic nitrogens is 2. The van der Waals surface area contributed by atoms with E-state index in [4.69, 9.17) is 4.98 Å². The second-order valence-corrected chi connectivity index (χ2v) is 11.3. The van der Waals surface area contributed by atoms with E-state index < -0.39 is 11.7 Å². The van der Waals surface area contributed by atoms with E-state index in [2.05, 4.69) is 11.5 Å². The first-order chi connectivity index (χ1) is 19.4. The quantitative estimate of drug-likeness (QED) is 0.383. The van der Waals surface area contributed by atoms with Crippen LogP contribution in [0.4, 0.5) is 4.79 Å². The monoisotopic (exact) mass is 544 g/mol. The van der Waals surface area contributed by atoms with E-state index in [-0.39, 0.29) is 31.1 Å². The SMILES string of the molecule is CCCC[C@]1(O)CCCC[C@H]1n1cnc(C(=O)N2CCN(C(=O)O)C[C@H]2Cc2ccccc2)c1-c1ccccc1. The molecule has 3 aromatic rings. The van der Waals surface area contributed by atoms with Gasteiger partial charge < -0.3 is 24.6 Å². The van der Waals surface area contributed by atoms with Crippen molar-refractivity contribution in [3.63, 3.8) is 0 Å². The Morgan fingerprint density at radius 2 is 1.75 bits per heavy atom. The summed E-state index contributed by atoms with van der Waals surface area (Å²) in [6.45, 7) is 2.94. The zero-order valence-electron chi connectivity index (χ0n) is 23.3. The molecule has 2 amide bonds. The number of imidazole rings is 1. The van der Waals surface area contributed by atoms with E-state index in [0.29, 0.717) is 18.7 Å². The van der Waals surface area contributed by atoms with E-state index in [1.165, 1.54) is 4.90 Å².